The summed E-state index contributed by atoms with van der Waals surface area (Å²) in [5.41, 5.74) is 0.794. The van der Waals surface area contributed by atoms with Crippen molar-refractivity contribution in [1.29, 1.82) is 0 Å². The number of ether oxygens (including phenoxy) is 2. The molecule has 0 bridgehead atoms. The first-order chi connectivity index (χ1) is 13.1. The van der Waals surface area contributed by atoms with Crippen molar-refractivity contribution in [2.75, 3.05) is 53.5 Å². The maximum atomic E-state index is 12.5. The molecule has 1 aromatic rings. The fraction of sp³-hybridized carbons (Fsp3) is 0.500. The number of nitrogens with one attached hydrogen (secondary N) is 2. The van der Waals surface area contributed by atoms with Gasteiger partial charge in [-0.15, -0.1) is 0 Å². The Hall–Kier alpha value is -2.54. The third-order valence-corrected chi connectivity index (χ3v) is 4.61. The minimum Gasteiger partial charge on any atom is -0.497 e. The van der Waals surface area contributed by atoms with Crippen LogP contribution in [0.25, 0.3) is 6.08 Å². The molecule has 0 aliphatic carbocycles. The van der Waals surface area contributed by atoms with Gasteiger partial charge in [0.05, 0.1) is 40.4 Å². The van der Waals surface area contributed by atoms with Gasteiger partial charge in [0.1, 0.15) is 11.5 Å². The lowest BCUT2D eigenvalue weighted by Crippen LogP contribution is -3.15. The van der Waals surface area contributed by atoms with E-state index in [1.54, 1.807) is 26.4 Å². The van der Waals surface area contributed by atoms with Gasteiger partial charge < -0.3 is 24.6 Å². The molecule has 2 rings (SSSR count). The zero-order valence-electron chi connectivity index (χ0n) is 16.4. The van der Waals surface area contributed by atoms with Crippen molar-refractivity contribution < 1.29 is 24.0 Å². The number of amides is 2. The Morgan fingerprint density at radius 3 is 2.59 bits per heavy atom. The predicted molar refractivity (Wildman–Crippen MR) is 104 cm³/mol. The average molecular weight is 376 g/mol. The Morgan fingerprint density at radius 1 is 1.22 bits per heavy atom. The van der Waals surface area contributed by atoms with Gasteiger partial charge in [-0.1, -0.05) is 6.92 Å². The molecular formula is C20H30N3O4+. The van der Waals surface area contributed by atoms with Gasteiger partial charge in [-0.2, -0.15) is 0 Å². The van der Waals surface area contributed by atoms with Gasteiger partial charge in [0.2, 0.25) is 5.91 Å². The molecule has 1 aliphatic rings. The molecule has 1 heterocycles. The van der Waals surface area contributed by atoms with Crippen LogP contribution in [0, 0.1) is 0 Å². The van der Waals surface area contributed by atoms with E-state index in [1.165, 1.54) is 4.90 Å². The first-order valence-electron chi connectivity index (χ1n) is 9.36. The molecule has 1 fully saturated rings. The lowest BCUT2D eigenvalue weighted by molar-refractivity contribution is -0.896. The van der Waals surface area contributed by atoms with Gasteiger partial charge in [0.15, 0.2) is 6.54 Å². The number of piperazine rings is 1. The highest BCUT2D eigenvalue weighted by Gasteiger charge is 2.24. The van der Waals surface area contributed by atoms with Crippen LogP contribution in [0.5, 0.6) is 11.5 Å². The number of methoxy groups -OCH3 is 2. The summed E-state index contributed by atoms with van der Waals surface area (Å²) in [4.78, 5) is 27.3. The number of carbonyl (C=O) groups excluding carboxylic acids is 2. The third kappa shape index (κ3) is 6.29. The van der Waals surface area contributed by atoms with Crippen molar-refractivity contribution in [3.8, 4) is 11.5 Å². The molecule has 2 amide bonds. The van der Waals surface area contributed by atoms with Crippen LogP contribution in [-0.4, -0.2) is 70.2 Å². The van der Waals surface area contributed by atoms with Crippen LogP contribution in [0.4, 0.5) is 0 Å². The van der Waals surface area contributed by atoms with Crippen LogP contribution in [-0.2, 0) is 9.59 Å². The van der Waals surface area contributed by atoms with Crippen molar-refractivity contribution >= 4 is 17.9 Å². The lowest BCUT2D eigenvalue weighted by Gasteiger charge is -2.31. The summed E-state index contributed by atoms with van der Waals surface area (Å²) in [6, 6.07) is 5.46. The molecule has 0 aromatic heterocycles. The van der Waals surface area contributed by atoms with Crippen LogP contribution < -0.4 is 19.7 Å². The number of benzene rings is 1. The van der Waals surface area contributed by atoms with E-state index in [0.29, 0.717) is 31.1 Å². The second-order valence-corrected chi connectivity index (χ2v) is 6.54. The van der Waals surface area contributed by atoms with E-state index in [-0.39, 0.29) is 11.8 Å². The standard InChI is InChI=1S/C20H29N3O4/c1-4-9-21-19(24)15-22-10-12-23(13-11-22)20(25)8-5-16-14-17(26-2)6-7-18(16)27-3/h5-8,14H,4,9-13,15H2,1-3H3,(H,21,24)/p+1/b8-5+. The van der Waals surface area contributed by atoms with Crippen LogP contribution in [0.15, 0.2) is 24.3 Å². The Balaban J connectivity index is 1.87. The number of carbonyl (C=O) groups is 2. The molecule has 0 radical (unpaired) electrons. The summed E-state index contributed by atoms with van der Waals surface area (Å²) in [6.45, 7) is 6.08. The lowest BCUT2D eigenvalue weighted by atomic mass is 10.1. The molecule has 148 valence electrons. The highest BCUT2D eigenvalue weighted by atomic mass is 16.5. The van der Waals surface area contributed by atoms with Crippen molar-refractivity contribution in [2.45, 2.75) is 13.3 Å². The largest absolute Gasteiger partial charge is 0.497 e. The third-order valence-electron chi connectivity index (χ3n) is 4.61. The van der Waals surface area contributed by atoms with Crippen LogP contribution in [0.2, 0.25) is 0 Å². The van der Waals surface area contributed by atoms with Gasteiger partial charge >= 0.3 is 0 Å². The van der Waals surface area contributed by atoms with E-state index in [1.807, 2.05) is 30.0 Å². The summed E-state index contributed by atoms with van der Waals surface area (Å²) >= 11 is 0. The topological polar surface area (TPSA) is 72.3 Å². The second-order valence-electron chi connectivity index (χ2n) is 6.54. The van der Waals surface area contributed by atoms with Crippen molar-refractivity contribution in [2.24, 2.45) is 0 Å². The number of rotatable bonds is 8. The molecule has 0 atom stereocenters. The SMILES string of the molecule is CCCNC(=O)C[NH+]1CCN(C(=O)/C=C/c2cc(OC)ccc2OC)CC1. The highest BCUT2D eigenvalue weighted by Crippen LogP contribution is 2.25. The summed E-state index contributed by atoms with van der Waals surface area (Å²) in [7, 11) is 3.20. The minimum atomic E-state index is -0.0330. The van der Waals surface area contributed by atoms with E-state index in [9.17, 15) is 9.59 Å². The molecule has 7 nitrogen and oxygen atoms in total. The molecule has 0 saturated carbocycles. The maximum absolute atomic E-state index is 12.5. The van der Waals surface area contributed by atoms with Gasteiger partial charge in [-0.3, -0.25) is 9.59 Å². The maximum Gasteiger partial charge on any atom is 0.275 e. The van der Waals surface area contributed by atoms with Crippen LogP contribution in [0.1, 0.15) is 18.9 Å². The first kappa shape index (κ1) is 20.8. The van der Waals surface area contributed by atoms with Gasteiger partial charge in [-0.25, -0.2) is 0 Å². The number of nitrogens with zero attached hydrogens (tertiary/aromatic N) is 1. The molecule has 2 N–H and O–H groups in total. The number of quaternary nitrogens is 1. The number of hydrogen-bond acceptors (Lipinski definition) is 4. The minimum absolute atomic E-state index is 0.0330. The summed E-state index contributed by atoms with van der Waals surface area (Å²) in [5, 5.41) is 2.90. The molecule has 7 heteroatoms. The quantitative estimate of drug-likeness (QED) is 0.625. The van der Waals surface area contributed by atoms with E-state index in [0.717, 1.165) is 31.6 Å². The summed E-state index contributed by atoms with van der Waals surface area (Å²) in [5.74, 6) is 1.44. The molecule has 27 heavy (non-hydrogen) atoms. The van der Waals surface area contributed by atoms with E-state index < -0.39 is 0 Å². The van der Waals surface area contributed by atoms with Crippen LogP contribution >= 0.6 is 0 Å². The normalized spacial score (nSPS) is 15.0. The fourth-order valence-electron chi connectivity index (χ4n) is 3.01. The molecule has 1 aliphatic heterocycles. The molecule has 0 spiro atoms. The zero-order chi connectivity index (χ0) is 19.6. The van der Waals surface area contributed by atoms with Gasteiger partial charge in [0.25, 0.3) is 5.91 Å². The highest BCUT2D eigenvalue weighted by molar-refractivity contribution is 5.92. The Kier molecular flexibility index (Phi) is 8.13. The molecule has 0 unspecified atom stereocenters. The molecule has 1 saturated heterocycles. The predicted octanol–water partition coefficient (Wildman–Crippen LogP) is -0.0297. The van der Waals surface area contributed by atoms with Crippen molar-refractivity contribution in [1.82, 2.24) is 10.2 Å². The fourth-order valence-corrected chi connectivity index (χ4v) is 3.01. The van der Waals surface area contributed by atoms with Gasteiger partial charge in [-0.05, 0) is 30.7 Å². The molecular weight excluding hydrogens is 346 g/mol. The van der Waals surface area contributed by atoms with Crippen LogP contribution in [0.3, 0.4) is 0 Å². The van der Waals surface area contributed by atoms with Gasteiger partial charge in [0, 0.05) is 18.2 Å². The van der Waals surface area contributed by atoms with E-state index in [2.05, 4.69) is 5.32 Å². The van der Waals surface area contributed by atoms with E-state index in [4.69, 9.17) is 9.47 Å². The summed E-state index contributed by atoms with van der Waals surface area (Å²) in [6.07, 6.45) is 4.26. The first-order valence-corrected chi connectivity index (χ1v) is 9.36. The average Bonchev–Trinajstić information content (AvgIpc) is 2.70. The van der Waals surface area contributed by atoms with Crippen molar-refractivity contribution in [3.05, 3.63) is 29.8 Å². The Morgan fingerprint density at radius 2 is 1.96 bits per heavy atom. The Labute approximate surface area is 160 Å². The second kappa shape index (κ2) is 10.6. The van der Waals surface area contributed by atoms with E-state index >= 15 is 0 Å². The summed E-state index contributed by atoms with van der Waals surface area (Å²) < 4.78 is 10.6. The zero-order valence-corrected chi connectivity index (χ0v) is 16.4. The number of hydrogen-bond donors (Lipinski definition) is 2. The Bertz CT molecular complexity index is 667. The smallest absolute Gasteiger partial charge is 0.275 e. The monoisotopic (exact) mass is 376 g/mol. The molecule has 1 aromatic carbocycles. The van der Waals surface area contributed by atoms with Crippen molar-refractivity contribution in [3.63, 3.8) is 0 Å².